The van der Waals surface area contributed by atoms with E-state index in [9.17, 15) is 9.59 Å². The molecule has 1 N–H and O–H groups in total. The predicted molar refractivity (Wildman–Crippen MR) is 93.0 cm³/mol. The molecule has 0 radical (unpaired) electrons. The SMILES string of the molecule is CCCCNC(=O)CCN1N=C(c2ccc(OC)cc2)CCC1=O. The number of amides is 2. The van der Waals surface area contributed by atoms with E-state index in [0.717, 1.165) is 29.9 Å². The smallest absolute Gasteiger partial charge is 0.243 e. The van der Waals surface area contributed by atoms with Crippen molar-refractivity contribution in [2.45, 2.75) is 39.0 Å². The van der Waals surface area contributed by atoms with Crippen molar-refractivity contribution in [3.63, 3.8) is 0 Å². The Morgan fingerprint density at radius 1 is 1.29 bits per heavy atom. The third-order valence-electron chi connectivity index (χ3n) is 3.93. The van der Waals surface area contributed by atoms with Crippen molar-refractivity contribution in [1.82, 2.24) is 10.3 Å². The standard InChI is InChI=1S/C18H25N3O3/c1-3-4-12-19-17(22)11-13-21-18(23)10-9-16(20-21)14-5-7-15(24-2)8-6-14/h5-8H,3-4,9-13H2,1-2H3,(H,19,22). The first-order valence-electron chi connectivity index (χ1n) is 8.43. The molecule has 0 unspecified atom stereocenters. The van der Waals surface area contributed by atoms with Gasteiger partial charge in [0.15, 0.2) is 0 Å². The zero-order valence-electron chi connectivity index (χ0n) is 14.4. The second-order valence-corrected chi connectivity index (χ2v) is 5.75. The number of hydrogen-bond donors (Lipinski definition) is 1. The topological polar surface area (TPSA) is 71.0 Å². The molecule has 130 valence electrons. The van der Waals surface area contributed by atoms with Crippen molar-refractivity contribution in [3.05, 3.63) is 29.8 Å². The maximum Gasteiger partial charge on any atom is 0.243 e. The Hall–Kier alpha value is -2.37. The fourth-order valence-electron chi connectivity index (χ4n) is 2.47. The third-order valence-corrected chi connectivity index (χ3v) is 3.93. The van der Waals surface area contributed by atoms with E-state index in [-0.39, 0.29) is 18.2 Å². The number of rotatable bonds is 8. The highest BCUT2D eigenvalue weighted by Gasteiger charge is 2.21. The van der Waals surface area contributed by atoms with E-state index < -0.39 is 0 Å². The van der Waals surface area contributed by atoms with E-state index in [4.69, 9.17) is 4.74 Å². The summed E-state index contributed by atoms with van der Waals surface area (Å²) in [6, 6.07) is 7.62. The van der Waals surface area contributed by atoms with Crippen LogP contribution in [0.1, 0.15) is 44.6 Å². The number of unbranched alkanes of at least 4 members (excludes halogenated alkanes) is 1. The number of ether oxygens (including phenoxy) is 1. The molecule has 0 fully saturated rings. The van der Waals surface area contributed by atoms with Gasteiger partial charge in [0.2, 0.25) is 11.8 Å². The Balaban J connectivity index is 1.95. The number of benzene rings is 1. The van der Waals surface area contributed by atoms with Crippen LogP contribution >= 0.6 is 0 Å². The van der Waals surface area contributed by atoms with E-state index in [2.05, 4.69) is 17.3 Å². The lowest BCUT2D eigenvalue weighted by Gasteiger charge is -2.23. The first-order chi connectivity index (χ1) is 11.6. The Morgan fingerprint density at radius 2 is 2.04 bits per heavy atom. The molecule has 0 bridgehead atoms. The van der Waals surface area contributed by atoms with Crippen LogP contribution < -0.4 is 10.1 Å². The maximum absolute atomic E-state index is 12.0. The monoisotopic (exact) mass is 331 g/mol. The number of nitrogens with zero attached hydrogens (tertiary/aromatic N) is 2. The lowest BCUT2D eigenvalue weighted by Crippen LogP contribution is -2.35. The van der Waals surface area contributed by atoms with Crippen LogP contribution in [0.15, 0.2) is 29.4 Å². The molecule has 0 aromatic heterocycles. The van der Waals surface area contributed by atoms with Crippen LogP contribution in [0.5, 0.6) is 5.75 Å². The summed E-state index contributed by atoms with van der Waals surface area (Å²) in [6.45, 7) is 3.08. The van der Waals surface area contributed by atoms with Crippen LogP contribution in [0, 0.1) is 0 Å². The number of methoxy groups -OCH3 is 1. The molecule has 0 saturated heterocycles. The third kappa shape index (κ3) is 5.08. The van der Waals surface area contributed by atoms with Gasteiger partial charge in [-0.3, -0.25) is 9.59 Å². The fourth-order valence-corrected chi connectivity index (χ4v) is 2.47. The second kappa shape index (κ2) is 9.05. The first kappa shape index (κ1) is 18.0. The molecule has 1 aromatic carbocycles. The molecule has 2 amide bonds. The van der Waals surface area contributed by atoms with Gasteiger partial charge in [-0.15, -0.1) is 0 Å². The van der Waals surface area contributed by atoms with Gasteiger partial charge < -0.3 is 10.1 Å². The second-order valence-electron chi connectivity index (χ2n) is 5.75. The summed E-state index contributed by atoms with van der Waals surface area (Å²) in [7, 11) is 1.62. The highest BCUT2D eigenvalue weighted by Crippen LogP contribution is 2.18. The van der Waals surface area contributed by atoms with Crippen molar-refractivity contribution < 1.29 is 14.3 Å². The molecule has 1 heterocycles. The molecule has 1 aliphatic rings. The zero-order chi connectivity index (χ0) is 17.4. The predicted octanol–water partition coefficient (Wildman–Crippen LogP) is 2.33. The summed E-state index contributed by atoms with van der Waals surface area (Å²) in [4.78, 5) is 23.8. The summed E-state index contributed by atoms with van der Waals surface area (Å²) < 4.78 is 5.15. The number of carbonyl (C=O) groups is 2. The molecule has 24 heavy (non-hydrogen) atoms. The van der Waals surface area contributed by atoms with E-state index >= 15 is 0 Å². The molecule has 0 saturated carbocycles. The Labute approximate surface area is 142 Å². The van der Waals surface area contributed by atoms with Gasteiger partial charge in [0, 0.05) is 25.8 Å². The van der Waals surface area contributed by atoms with Gasteiger partial charge in [-0.2, -0.15) is 5.10 Å². The van der Waals surface area contributed by atoms with Gasteiger partial charge in [-0.1, -0.05) is 13.3 Å². The number of carbonyl (C=O) groups excluding carboxylic acids is 2. The molecular formula is C18H25N3O3. The van der Waals surface area contributed by atoms with E-state index in [0.29, 0.717) is 25.9 Å². The van der Waals surface area contributed by atoms with Crippen molar-refractivity contribution in [2.24, 2.45) is 5.10 Å². The summed E-state index contributed by atoms with van der Waals surface area (Å²) in [5.74, 6) is 0.712. The van der Waals surface area contributed by atoms with Gasteiger partial charge in [0.1, 0.15) is 5.75 Å². The zero-order valence-corrected chi connectivity index (χ0v) is 14.4. The largest absolute Gasteiger partial charge is 0.497 e. The highest BCUT2D eigenvalue weighted by molar-refractivity contribution is 6.04. The minimum Gasteiger partial charge on any atom is -0.497 e. The first-order valence-corrected chi connectivity index (χ1v) is 8.43. The van der Waals surface area contributed by atoms with Gasteiger partial charge in [-0.05, 0) is 36.2 Å². The lowest BCUT2D eigenvalue weighted by atomic mass is 10.0. The molecule has 0 spiro atoms. The van der Waals surface area contributed by atoms with Crippen molar-refractivity contribution in [3.8, 4) is 5.75 Å². The molecule has 6 nitrogen and oxygen atoms in total. The van der Waals surface area contributed by atoms with Gasteiger partial charge >= 0.3 is 0 Å². The van der Waals surface area contributed by atoms with Crippen LogP contribution in [0.25, 0.3) is 0 Å². The van der Waals surface area contributed by atoms with Crippen molar-refractivity contribution in [2.75, 3.05) is 20.2 Å². The highest BCUT2D eigenvalue weighted by atomic mass is 16.5. The van der Waals surface area contributed by atoms with E-state index in [1.807, 2.05) is 24.3 Å². The van der Waals surface area contributed by atoms with Crippen LogP contribution in [0.4, 0.5) is 0 Å². The van der Waals surface area contributed by atoms with E-state index in [1.165, 1.54) is 5.01 Å². The number of hydrazone groups is 1. The summed E-state index contributed by atoms with van der Waals surface area (Å²) in [5.41, 5.74) is 1.84. The quantitative estimate of drug-likeness (QED) is 0.743. The van der Waals surface area contributed by atoms with E-state index in [1.54, 1.807) is 7.11 Å². The lowest BCUT2D eigenvalue weighted by molar-refractivity contribution is -0.132. The van der Waals surface area contributed by atoms with Crippen LogP contribution in [-0.4, -0.2) is 42.7 Å². The fraction of sp³-hybridized carbons (Fsp3) is 0.500. The molecule has 0 aliphatic carbocycles. The van der Waals surface area contributed by atoms with Crippen LogP contribution in [-0.2, 0) is 9.59 Å². The Morgan fingerprint density at radius 3 is 2.71 bits per heavy atom. The minimum absolute atomic E-state index is 0.0337. The maximum atomic E-state index is 12.0. The van der Waals surface area contributed by atoms with Crippen molar-refractivity contribution in [1.29, 1.82) is 0 Å². The molecule has 6 heteroatoms. The average Bonchev–Trinajstić information content (AvgIpc) is 2.61. The number of nitrogens with one attached hydrogen (secondary N) is 1. The average molecular weight is 331 g/mol. The molecule has 1 aromatic rings. The summed E-state index contributed by atoms with van der Waals surface area (Å²) in [5, 5.41) is 8.71. The van der Waals surface area contributed by atoms with Gasteiger partial charge in [0.25, 0.3) is 0 Å². The minimum atomic E-state index is -0.0389. The number of hydrogen-bond acceptors (Lipinski definition) is 4. The molecule has 1 aliphatic heterocycles. The molecule has 2 rings (SSSR count). The normalized spacial score (nSPS) is 14.3. The Kier molecular flexibility index (Phi) is 6.78. The van der Waals surface area contributed by atoms with Crippen molar-refractivity contribution >= 4 is 17.5 Å². The van der Waals surface area contributed by atoms with Gasteiger partial charge in [0.05, 0.1) is 19.4 Å². The van der Waals surface area contributed by atoms with Crippen LogP contribution in [0.2, 0.25) is 0 Å². The Bertz CT molecular complexity index is 596. The van der Waals surface area contributed by atoms with Gasteiger partial charge in [-0.25, -0.2) is 5.01 Å². The summed E-state index contributed by atoms with van der Waals surface area (Å²) >= 11 is 0. The van der Waals surface area contributed by atoms with Crippen LogP contribution in [0.3, 0.4) is 0 Å². The summed E-state index contributed by atoms with van der Waals surface area (Å²) in [6.07, 6.45) is 3.32. The molecule has 0 atom stereocenters. The molecular weight excluding hydrogens is 306 g/mol.